The van der Waals surface area contributed by atoms with Gasteiger partial charge in [-0.05, 0) is 49.0 Å². The fraction of sp³-hybridized carbons (Fsp3) is 0.567. The zero-order valence-corrected chi connectivity index (χ0v) is 24.0. The summed E-state index contributed by atoms with van der Waals surface area (Å²) in [4.78, 5) is 41.4. The summed E-state index contributed by atoms with van der Waals surface area (Å²) in [7, 11) is 1.59. The number of primary amides is 2. The molecule has 3 atom stereocenters. The van der Waals surface area contributed by atoms with Gasteiger partial charge < -0.3 is 31.5 Å². The van der Waals surface area contributed by atoms with Crippen LogP contribution < -0.4 is 21.5 Å². The summed E-state index contributed by atoms with van der Waals surface area (Å²) in [6, 6.07) is 7.49. The van der Waals surface area contributed by atoms with Crippen LogP contribution in [0, 0.1) is 17.3 Å². The predicted molar refractivity (Wildman–Crippen MR) is 152 cm³/mol. The van der Waals surface area contributed by atoms with Crippen molar-refractivity contribution in [3.8, 4) is 5.75 Å². The molecule has 0 fully saturated rings. The van der Waals surface area contributed by atoms with Gasteiger partial charge in [-0.15, -0.1) is 0 Å². The number of benzene rings is 1. The molecule has 9 heteroatoms. The third kappa shape index (κ3) is 7.92. The number of hydrogen-bond donors (Lipinski definition) is 4. The van der Waals surface area contributed by atoms with Crippen LogP contribution >= 0.6 is 0 Å². The molecule has 9 nitrogen and oxygen atoms in total. The standard InChI is InChI=1S/C30H46N4O5/c1-6-13-34(14-7-2)28(37)24-16-22(27(31)36)17-30(29(32)38,25(24)12-11-20(3)4)26(35)19-33-18-21-9-8-10-23(15-21)39-5/h8-10,15-17,20,25-26,33,35H,6-7,11-14,18-19H2,1-5H3,(H2,31,36)(H2,32,38)/t25?,26-,30-/m0/s1. The van der Waals surface area contributed by atoms with E-state index in [1.165, 1.54) is 12.2 Å². The van der Waals surface area contributed by atoms with E-state index < -0.39 is 29.3 Å². The quantitative estimate of drug-likeness (QED) is 0.252. The Kier molecular flexibility index (Phi) is 12.2. The highest BCUT2D eigenvalue weighted by atomic mass is 16.5. The highest BCUT2D eigenvalue weighted by molar-refractivity contribution is 6.04. The molecule has 1 aliphatic carbocycles. The first-order valence-electron chi connectivity index (χ1n) is 13.9. The van der Waals surface area contributed by atoms with Gasteiger partial charge in [0.2, 0.25) is 17.7 Å². The molecule has 2 rings (SSSR count). The maximum atomic E-state index is 13.9. The van der Waals surface area contributed by atoms with E-state index in [2.05, 4.69) is 19.2 Å². The Bertz CT molecular complexity index is 1060. The van der Waals surface area contributed by atoms with E-state index in [9.17, 15) is 19.5 Å². The average molecular weight is 543 g/mol. The van der Waals surface area contributed by atoms with Crippen LogP contribution in [0.3, 0.4) is 0 Å². The topological polar surface area (TPSA) is 148 Å². The van der Waals surface area contributed by atoms with Gasteiger partial charge in [-0.25, -0.2) is 0 Å². The Morgan fingerprint density at radius 1 is 1.15 bits per heavy atom. The van der Waals surface area contributed by atoms with Gasteiger partial charge in [-0.3, -0.25) is 14.4 Å². The number of amides is 3. The molecular formula is C30H46N4O5. The van der Waals surface area contributed by atoms with Crippen LogP contribution in [0.15, 0.2) is 47.6 Å². The molecule has 6 N–H and O–H groups in total. The van der Waals surface area contributed by atoms with Gasteiger partial charge in [0.05, 0.1) is 13.2 Å². The Hall–Kier alpha value is -3.17. The number of nitrogens with two attached hydrogens (primary N) is 2. The number of nitrogens with zero attached hydrogens (tertiary/aromatic N) is 1. The summed E-state index contributed by atoms with van der Waals surface area (Å²) in [5.41, 5.74) is 11.2. The van der Waals surface area contributed by atoms with E-state index >= 15 is 0 Å². The van der Waals surface area contributed by atoms with Crippen molar-refractivity contribution in [2.75, 3.05) is 26.7 Å². The molecule has 0 spiro atoms. The van der Waals surface area contributed by atoms with Crippen molar-refractivity contribution in [3.05, 3.63) is 53.1 Å². The maximum absolute atomic E-state index is 13.9. The number of nitrogens with one attached hydrogen (secondary N) is 1. The van der Waals surface area contributed by atoms with Crippen molar-refractivity contribution in [3.63, 3.8) is 0 Å². The zero-order valence-electron chi connectivity index (χ0n) is 24.0. The second-order valence-corrected chi connectivity index (χ2v) is 10.7. The number of carbonyl (C=O) groups excluding carboxylic acids is 3. The molecule has 39 heavy (non-hydrogen) atoms. The summed E-state index contributed by atoms with van der Waals surface area (Å²) in [6.07, 6.45) is 4.19. The van der Waals surface area contributed by atoms with Crippen LogP contribution in [0.2, 0.25) is 0 Å². The van der Waals surface area contributed by atoms with Crippen LogP contribution in [0.1, 0.15) is 58.9 Å². The highest BCUT2D eigenvalue weighted by Gasteiger charge is 2.53. The summed E-state index contributed by atoms with van der Waals surface area (Å²) in [6.45, 7) is 9.54. The van der Waals surface area contributed by atoms with Gasteiger partial charge in [0.1, 0.15) is 11.2 Å². The lowest BCUT2D eigenvalue weighted by Crippen LogP contribution is -2.56. The van der Waals surface area contributed by atoms with E-state index in [0.29, 0.717) is 43.8 Å². The number of carbonyl (C=O) groups is 3. The lowest BCUT2D eigenvalue weighted by Gasteiger charge is -2.44. The number of methoxy groups -OCH3 is 1. The first-order chi connectivity index (χ1) is 18.5. The van der Waals surface area contributed by atoms with Crippen molar-refractivity contribution in [2.24, 2.45) is 28.7 Å². The molecule has 0 saturated carbocycles. The number of rotatable bonds is 16. The predicted octanol–water partition coefficient (Wildman–Crippen LogP) is 2.67. The molecule has 1 aromatic rings. The molecule has 1 unspecified atom stereocenters. The minimum Gasteiger partial charge on any atom is -0.497 e. The highest BCUT2D eigenvalue weighted by Crippen LogP contribution is 2.46. The smallest absolute Gasteiger partial charge is 0.250 e. The first-order valence-corrected chi connectivity index (χ1v) is 13.9. The Balaban J connectivity index is 2.53. The van der Waals surface area contributed by atoms with E-state index in [1.807, 2.05) is 38.1 Å². The number of ether oxygens (including phenoxy) is 1. The fourth-order valence-corrected chi connectivity index (χ4v) is 5.25. The molecule has 0 saturated heterocycles. The summed E-state index contributed by atoms with van der Waals surface area (Å²) >= 11 is 0. The molecule has 0 radical (unpaired) electrons. The van der Waals surface area contributed by atoms with Gasteiger partial charge >= 0.3 is 0 Å². The molecule has 1 aromatic carbocycles. The van der Waals surface area contributed by atoms with Crippen LogP contribution in [-0.4, -0.2) is 60.6 Å². The van der Waals surface area contributed by atoms with Crippen LogP contribution in [-0.2, 0) is 20.9 Å². The normalized spacial score (nSPS) is 19.7. The average Bonchev–Trinajstić information content (AvgIpc) is 2.90. The molecule has 0 aromatic heterocycles. The Morgan fingerprint density at radius 2 is 1.82 bits per heavy atom. The Labute approximate surface area is 232 Å². The molecule has 216 valence electrons. The van der Waals surface area contributed by atoms with Crippen LogP contribution in [0.5, 0.6) is 5.75 Å². The minimum absolute atomic E-state index is 0.00209. The fourth-order valence-electron chi connectivity index (χ4n) is 5.25. The molecule has 0 heterocycles. The van der Waals surface area contributed by atoms with Crippen LogP contribution in [0.25, 0.3) is 0 Å². The van der Waals surface area contributed by atoms with Gasteiger partial charge in [-0.2, -0.15) is 0 Å². The molecular weight excluding hydrogens is 496 g/mol. The zero-order chi connectivity index (χ0) is 29.2. The van der Waals surface area contributed by atoms with E-state index in [0.717, 1.165) is 18.4 Å². The number of aliphatic hydroxyl groups excluding tert-OH is 1. The largest absolute Gasteiger partial charge is 0.497 e. The van der Waals surface area contributed by atoms with Gasteiger partial charge in [0.25, 0.3) is 0 Å². The second-order valence-electron chi connectivity index (χ2n) is 10.7. The maximum Gasteiger partial charge on any atom is 0.250 e. The lowest BCUT2D eigenvalue weighted by molar-refractivity contribution is -0.136. The van der Waals surface area contributed by atoms with E-state index in [4.69, 9.17) is 16.2 Å². The third-order valence-corrected chi connectivity index (χ3v) is 7.27. The van der Waals surface area contributed by atoms with Crippen molar-refractivity contribution in [1.82, 2.24) is 10.2 Å². The first kappa shape index (κ1) is 32.0. The van der Waals surface area contributed by atoms with Gasteiger partial charge in [0, 0.05) is 43.2 Å². The minimum atomic E-state index is -1.70. The van der Waals surface area contributed by atoms with E-state index in [-0.39, 0.29) is 23.9 Å². The SMILES string of the molecule is CCCN(CCC)C(=O)C1=CC(C(N)=O)=C[C@@](C(N)=O)([C@@H](O)CNCc2cccc(OC)c2)C1CCC(C)C. The molecule has 3 amide bonds. The number of hydrogen-bond acceptors (Lipinski definition) is 6. The molecule has 0 aliphatic heterocycles. The van der Waals surface area contributed by atoms with Gasteiger partial charge in [-0.1, -0.05) is 52.3 Å². The lowest BCUT2D eigenvalue weighted by atomic mass is 9.61. The summed E-state index contributed by atoms with van der Waals surface area (Å²) < 4.78 is 5.28. The van der Waals surface area contributed by atoms with E-state index in [1.54, 1.807) is 12.0 Å². The third-order valence-electron chi connectivity index (χ3n) is 7.27. The van der Waals surface area contributed by atoms with Crippen molar-refractivity contribution >= 4 is 17.7 Å². The molecule has 0 bridgehead atoms. The summed E-state index contributed by atoms with van der Waals surface area (Å²) in [5, 5.41) is 14.8. The van der Waals surface area contributed by atoms with Crippen LogP contribution in [0.4, 0.5) is 0 Å². The summed E-state index contributed by atoms with van der Waals surface area (Å²) in [5.74, 6) is -1.60. The number of aliphatic hydroxyl groups is 1. The monoisotopic (exact) mass is 542 g/mol. The molecule has 1 aliphatic rings. The van der Waals surface area contributed by atoms with Crippen molar-refractivity contribution < 1.29 is 24.2 Å². The van der Waals surface area contributed by atoms with Gasteiger partial charge in [0.15, 0.2) is 0 Å². The Morgan fingerprint density at radius 3 is 2.36 bits per heavy atom. The van der Waals surface area contributed by atoms with Crippen molar-refractivity contribution in [2.45, 2.75) is 66.0 Å². The van der Waals surface area contributed by atoms with Crippen molar-refractivity contribution in [1.29, 1.82) is 0 Å². The second kappa shape index (κ2) is 14.8.